The predicted molar refractivity (Wildman–Crippen MR) is 66.2 cm³/mol. The number of nitrogens with zero attached hydrogens (tertiary/aromatic N) is 2. The van der Waals surface area contributed by atoms with Crippen LogP contribution in [0.3, 0.4) is 0 Å². The van der Waals surface area contributed by atoms with E-state index in [-0.39, 0.29) is 5.02 Å². The minimum absolute atomic E-state index is 0.0989. The smallest absolute Gasteiger partial charge is 0.141 e. The Morgan fingerprint density at radius 3 is 2.71 bits per heavy atom. The zero-order valence-corrected chi connectivity index (χ0v) is 10.4. The van der Waals surface area contributed by atoms with Gasteiger partial charge in [0.25, 0.3) is 0 Å². The van der Waals surface area contributed by atoms with Gasteiger partial charge in [0.15, 0.2) is 0 Å². The molecule has 1 aromatic carbocycles. The second-order valence-electron chi connectivity index (χ2n) is 3.88. The van der Waals surface area contributed by atoms with E-state index in [2.05, 4.69) is 5.10 Å². The first-order valence-electron chi connectivity index (χ1n) is 5.22. The SMILES string of the molecule is Cc1c(-c2ccc(F)c(Cl)c2)nn(C)c1CN. The van der Waals surface area contributed by atoms with Gasteiger partial charge in [-0.1, -0.05) is 11.6 Å². The molecule has 0 aliphatic carbocycles. The highest BCUT2D eigenvalue weighted by Crippen LogP contribution is 2.27. The summed E-state index contributed by atoms with van der Waals surface area (Å²) in [5, 5.41) is 4.48. The molecule has 5 heteroatoms. The van der Waals surface area contributed by atoms with Gasteiger partial charge in [-0.05, 0) is 30.7 Å². The normalized spacial score (nSPS) is 10.9. The molecule has 0 radical (unpaired) electrons. The van der Waals surface area contributed by atoms with Crippen molar-refractivity contribution in [1.82, 2.24) is 9.78 Å². The molecule has 0 unspecified atom stereocenters. The van der Waals surface area contributed by atoms with Gasteiger partial charge in [0.2, 0.25) is 0 Å². The molecule has 0 atom stereocenters. The van der Waals surface area contributed by atoms with Crippen LogP contribution in [0.5, 0.6) is 0 Å². The lowest BCUT2D eigenvalue weighted by molar-refractivity contribution is 0.628. The first-order chi connectivity index (χ1) is 8.04. The van der Waals surface area contributed by atoms with Crippen molar-refractivity contribution in [1.29, 1.82) is 0 Å². The summed E-state index contributed by atoms with van der Waals surface area (Å²) in [6, 6.07) is 4.58. The number of hydrogen-bond acceptors (Lipinski definition) is 2. The second-order valence-corrected chi connectivity index (χ2v) is 4.28. The standard InChI is InChI=1S/C12H13ClFN3/c1-7-11(6-15)17(2)16-12(7)8-3-4-10(14)9(13)5-8/h3-5H,6,15H2,1-2H3. The lowest BCUT2D eigenvalue weighted by Gasteiger charge is -2.01. The lowest BCUT2D eigenvalue weighted by atomic mass is 10.1. The zero-order chi connectivity index (χ0) is 12.6. The molecule has 0 saturated heterocycles. The van der Waals surface area contributed by atoms with Gasteiger partial charge in [-0.3, -0.25) is 4.68 Å². The van der Waals surface area contributed by atoms with Gasteiger partial charge in [-0.2, -0.15) is 5.10 Å². The van der Waals surface area contributed by atoms with E-state index in [9.17, 15) is 4.39 Å². The molecule has 0 spiro atoms. The third-order valence-electron chi connectivity index (χ3n) is 2.82. The number of rotatable bonds is 2. The number of aryl methyl sites for hydroxylation is 1. The molecule has 2 N–H and O–H groups in total. The fraction of sp³-hybridized carbons (Fsp3) is 0.250. The molecular weight excluding hydrogens is 241 g/mol. The molecule has 2 rings (SSSR count). The molecule has 1 heterocycles. The van der Waals surface area contributed by atoms with Crippen molar-refractivity contribution in [2.24, 2.45) is 12.8 Å². The molecule has 0 aliphatic rings. The number of halogens is 2. The first-order valence-corrected chi connectivity index (χ1v) is 5.60. The van der Waals surface area contributed by atoms with E-state index in [1.165, 1.54) is 6.07 Å². The number of nitrogens with two attached hydrogens (primary N) is 1. The molecule has 2 aromatic rings. The molecule has 0 fully saturated rings. The van der Waals surface area contributed by atoms with Crippen molar-refractivity contribution in [3.63, 3.8) is 0 Å². The van der Waals surface area contributed by atoms with Crippen LogP contribution in [0.25, 0.3) is 11.3 Å². The second kappa shape index (κ2) is 4.47. The Labute approximate surface area is 104 Å². The van der Waals surface area contributed by atoms with Gasteiger partial charge in [-0.25, -0.2) is 4.39 Å². The predicted octanol–water partition coefficient (Wildman–Crippen LogP) is 2.65. The van der Waals surface area contributed by atoms with Crippen molar-refractivity contribution < 1.29 is 4.39 Å². The van der Waals surface area contributed by atoms with Gasteiger partial charge in [0.05, 0.1) is 16.4 Å². The summed E-state index contributed by atoms with van der Waals surface area (Å²) in [4.78, 5) is 0. The van der Waals surface area contributed by atoms with Gasteiger partial charge in [-0.15, -0.1) is 0 Å². The van der Waals surface area contributed by atoms with Crippen LogP contribution in [-0.4, -0.2) is 9.78 Å². The number of aromatic nitrogens is 2. The zero-order valence-electron chi connectivity index (χ0n) is 9.67. The van der Waals surface area contributed by atoms with E-state index in [0.29, 0.717) is 6.54 Å². The molecule has 90 valence electrons. The quantitative estimate of drug-likeness (QED) is 0.894. The summed E-state index contributed by atoms with van der Waals surface area (Å²) in [6.07, 6.45) is 0. The van der Waals surface area contributed by atoms with E-state index >= 15 is 0 Å². The van der Waals surface area contributed by atoms with Crippen molar-refractivity contribution in [2.45, 2.75) is 13.5 Å². The minimum atomic E-state index is -0.428. The Hall–Kier alpha value is -1.39. The number of hydrogen-bond donors (Lipinski definition) is 1. The van der Waals surface area contributed by atoms with Crippen molar-refractivity contribution in [3.8, 4) is 11.3 Å². The summed E-state index contributed by atoms with van der Waals surface area (Å²) in [6.45, 7) is 2.37. The Morgan fingerprint density at radius 2 is 2.18 bits per heavy atom. The Kier molecular flexibility index (Phi) is 3.17. The largest absolute Gasteiger partial charge is 0.325 e. The van der Waals surface area contributed by atoms with E-state index < -0.39 is 5.82 Å². The van der Waals surface area contributed by atoms with Crippen molar-refractivity contribution in [2.75, 3.05) is 0 Å². The maximum Gasteiger partial charge on any atom is 0.141 e. The van der Waals surface area contributed by atoms with Gasteiger partial charge in [0.1, 0.15) is 5.82 Å². The number of benzene rings is 1. The summed E-state index contributed by atoms with van der Waals surface area (Å²) >= 11 is 5.76. The molecular formula is C12H13ClFN3. The molecule has 17 heavy (non-hydrogen) atoms. The van der Waals surface area contributed by atoms with Crippen LogP contribution in [0.4, 0.5) is 4.39 Å². The van der Waals surface area contributed by atoms with E-state index in [4.69, 9.17) is 17.3 Å². The summed E-state index contributed by atoms with van der Waals surface area (Å²) in [5.41, 5.74) is 9.19. The monoisotopic (exact) mass is 253 g/mol. The average Bonchev–Trinajstić information content (AvgIpc) is 2.58. The summed E-state index contributed by atoms with van der Waals surface area (Å²) in [7, 11) is 1.84. The highest BCUT2D eigenvalue weighted by Gasteiger charge is 2.13. The van der Waals surface area contributed by atoms with Gasteiger partial charge >= 0.3 is 0 Å². The Balaban J connectivity index is 2.57. The molecule has 0 bridgehead atoms. The fourth-order valence-electron chi connectivity index (χ4n) is 1.87. The van der Waals surface area contributed by atoms with Crippen LogP contribution in [-0.2, 0) is 13.6 Å². The van der Waals surface area contributed by atoms with Crippen molar-refractivity contribution in [3.05, 3.63) is 40.3 Å². The van der Waals surface area contributed by atoms with Crippen LogP contribution in [0, 0.1) is 12.7 Å². The lowest BCUT2D eigenvalue weighted by Crippen LogP contribution is -2.05. The molecule has 0 aliphatic heterocycles. The molecule has 1 aromatic heterocycles. The van der Waals surface area contributed by atoms with Gasteiger partial charge in [0, 0.05) is 19.2 Å². The third-order valence-corrected chi connectivity index (χ3v) is 3.10. The van der Waals surface area contributed by atoms with Crippen molar-refractivity contribution >= 4 is 11.6 Å². The average molecular weight is 254 g/mol. The van der Waals surface area contributed by atoms with E-state index in [0.717, 1.165) is 22.5 Å². The minimum Gasteiger partial charge on any atom is -0.325 e. The van der Waals surface area contributed by atoms with E-state index in [1.54, 1.807) is 16.8 Å². The summed E-state index contributed by atoms with van der Waals surface area (Å²) in [5.74, 6) is -0.428. The van der Waals surface area contributed by atoms with Crippen LogP contribution in [0.2, 0.25) is 5.02 Å². The third kappa shape index (κ3) is 2.06. The Morgan fingerprint density at radius 1 is 1.47 bits per heavy atom. The fourth-order valence-corrected chi connectivity index (χ4v) is 2.05. The highest BCUT2D eigenvalue weighted by atomic mass is 35.5. The van der Waals surface area contributed by atoms with Crippen LogP contribution >= 0.6 is 11.6 Å². The molecule has 3 nitrogen and oxygen atoms in total. The van der Waals surface area contributed by atoms with Crippen LogP contribution in [0.1, 0.15) is 11.3 Å². The topological polar surface area (TPSA) is 43.8 Å². The van der Waals surface area contributed by atoms with Gasteiger partial charge < -0.3 is 5.73 Å². The van der Waals surface area contributed by atoms with Crippen LogP contribution in [0.15, 0.2) is 18.2 Å². The molecule has 0 saturated carbocycles. The van der Waals surface area contributed by atoms with E-state index in [1.807, 2.05) is 14.0 Å². The first kappa shape index (κ1) is 12.1. The Bertz CT molecular complexity index is 563. The maximum absolute atomic E-state index is 13.1. The van der Waals surface area contributed by atoms with Crippen LogP contribution < -0.4 is 5.73 Å². The molecule has 0 amide bonds. The maximum atomic E-state index is 13.1. The summed E-state index contributed by atoms with van der Waals surface area (Å²) < 4.78 is 14.8. The highest BCUT2D eigenvalue weighted by molar-refractivity contribution is 6.31.